The number of sulfonamides is 1. The molecule has 0 bridgehead atoms. The number of nitrogen functional groups attached to an aromatic ring is 1. The summed E-state index contributed by atoms with van der Waals surface area (Å²) in [6.45, 7) is 3.91. The molecular formula is C16H20N2O2S. The highest BCUT2D eigenvalue weighted by Gasteiger charge is 2.18. The van der Waals surface area contributed by atoms with Gasteiger partial charge in [-0.15, -0.1) is 0 Å². The van der Waals surface area contributed by atoms with E-state index in [-0.39, 0.29) is 10.9 Å². The molecule has 4 nitrogen and oxygen atoms in total. The Morgan fingerprint density at radius 1 is 1.14 bits per heavy atom. The van der Waals surface area contributed by atoms with Crippen LogP contribution >= 0.6 is 0 Å². The molecule has 2 aromatic rings. The number of nitrogens with two attached hydrogens (primary N) is 1. The summed E-state index contributed by atoms with van der Waals surface area (Å²) in [5.41, 5.74) is 8.22. The lowest BCUT2D eigenvalue weighted by Crippen LogP contribution is -2.27. The van der Waals surface area contributed by atoms with Gasteiger partial charge in [0, 0.05) is 11.7 Å². The zero-order valence-electron chi connectivity index (χ0n) is 12.2. The smallest absolute Gasteiger partial charge is 0.241 e. The van der Waals surface area contributed by atoms with Crippen molar-refractivity contribution in [3.63, 3.8) is 0 Å². The molecule has 0 saturated carbocycles. The SMILES string of the molecule is CCc1ccc(C(C)NS(=O)(=O)c2cccc(N)c2)cc1. The molecule has 0 spiro atoms. The maximum Gasteiger partial charge on any atom is 0.241 e. The number of rotatable bonds is 5. The Morgan fingerprint density at radius 3 is 2.38 bits per heavy atom. The summed E-state index contributed by atoms with van der Waals surface area (Å²) in [4.78, 5) is 0.180. The minimum atomic E-state index is -3.58. The first-order valence-electron chi connectivity index (χ1n) is 6.89. The first-order valence-corrected chi connectivity index (χ1v) is 8.37. The van der Waals surface area contributed by atoms with Gasteiger partial charge in [0.1, 0.15) is 0 Å². The molecule has 0 heterocycles. The number of hydrogen-bond acceptors (Lipinski definition) is 3. The van der Waals surface area contributed by atoms with Crippen LogP contribution in [0.25, 0.3) is 0 Å². The van der Waals surface area contributed by atoms with Crippen molar-refractivity contribution < 1.29 is 8.42 Å². The molecule has 0 fully saturated rings. The molecule has 0 aliphatic carbocycles. The third-order valence-electron chi connectivity index (χ3n) is 3.39. The highest BCUT2D eigenvalue weighted by Crippen LogP contribution is 2.19. The fraction of sp³-hybridized carbons (Fsp3) is 0.250. The first kappa shape index (κ1) is 15.5. The molecule has 21 heavy (non-hydrogen) atoms. The van der Waals surface area contributed by atoms with Crippen molar-refractivity contribution in [3.8, 4) is 0 Å². The number of aryl methyl sites for hydroxylation is 1. The molecule has 2 rings (SSSR count). The summed E-state index contributed by atoms with van der Waals surface area (Å²) in [5.74, 6) is 0. The van der Waals surface area contributed by atoms with E-state index in [4.69, 9.17) is 5.73 Å². The molecule has 0 aliphatic rings. The van der Waals surface area contributed by atoms with Gasteiger partial charge in [-0.25, -0.2) is 13.1 Å². The minimum absolute atomic E-state index is 0.180. The Hall–Kier alpha value is -1.85. The van der Waals surface area contributed by atoms with Crippen molar-refractivity contribution in [2.24, 2.45) is 0 Å². The van der Waals surface area contributed by atoms with Gasteiger partial charge < -0.3 is 5.73 Å². The van der Waals surface area contributed by atoms with Crippen molar-refractivity contribution in [3.05, 3.63) is 59.7 Å². The summed E-state index contributed by atoms with van der Waals surface area (Å²) >= 11 is 0. The van der Waals surface area contributed by atoms with Crippen molar-refractivity contribution in [1.29, 1.82) is 0 Å². The van der Waals surface area contributed by atoms with Crippen LogP contribution in [0.5, 0.6) is 0 Å². The van der Waals surface area contributed by atoms with Crippen LogP contribution in [-0.2, 0) is 16.4 Å². The Balaban J connectivity index is 2.19. The van der Waals surface area contributed by atoms with Crippen LogP contribution in [0.1, 0.15) is 31.0 Å². The topological polar surface area (TPSA) is 72.2 Å². The van der Waals surface area contributed by atoms with Crippen molar-refractivity contribution >= 4 is 15.7 Å². The zero-order chi connectivity index (χ0) is 15.5. The lowest BCUT2D eigenvalue weighted by molar-refractivity contribution is 0.567. The second kappa shape index (κ2) is 6.28. The van der Waals surface area contributed by atoms with E-state index in [1.807, 2.05) is 31.2 Å². The second-order valence-electron chi connectivity index (χ2n) is 5.01. The standard InChI is InChI=1S/C16H20N2O2S/c1-3-13-7-9-14(10-8-13)12(2)18-21(19,20)16-6-4-5-15(17)11-16/h4-12,18H,3,17H2,1-2H3. The number of benzene rings is 2. The van der Waals surface area contributed by atoms with E-state index in [0.717, 1.165) is 12.0 Å². The summed E-state index contributed by atoms with van der Waals surface area (Å²) < 4.78 is 27.3. The van der Waals surface area contributed by atoms with Gasteiger partial charge in [-0.05, 0) is 42.7 Å². The fourth-order valence-electron chi connectivity index (χ4n) is 2.09. The van der Waals surface area contributed by atoms with E-state index >= 15 is 0 Å². The van der Waals surface area contributed by atoms with Crippen LogP contribution in [0.3, 0.4) is 0 Å². The average Bonchev–Trinajstić information content (AvgIpc) is 2.47. The number of nitrogens with one attached hydrogen (secondary N) is 1. The Bertz CT molecular complexity index is 709. The lowest BCUT2D eigenvalue weighted by Gasteiger charge is -2.15. The van der Waals surface area contributed by atoms with Crippen LogP contribution < -0.4 is 10.5 Å². The predicted octanol–water partition coefficient (Wildman–Crippen LogP) is 2.87. The van der Waals surface area contributed by atoms with E-state index in [9.17, 15) is 8.42 Å². The average molecular weight is 304 g/mol. The summed E-state index contributed by atoms with van der Waals surface area (Å²) in [6.07, 6.45) is 0.962. The molecule has 3 N–H and O–H groups in total. The highest BCUT2D eigenvalue weighted by molar-refractivity contribution is 7.89. The molecule has 1 unspecified atom stereocenters. The number of hydrogen-bond donors (Lipinski definition) is 2. The largest absolute Gasteiger partial charge is 0.399 e. The van der Waals surface area contributed by atoms with Crippen molar-refractivity contribution in [2.45, 2.75) is 31.2 Å². The van der Waals surface area contributed by atoms with Gasteiger partial charge in [-0.1, -0.05) is 37.3 Å². The Morgan fingerprint density at radius 2 is 1.81 bits per heavy atom. The van der Waals surface area contributed by atoms with Gasteiger partial charge in [-0.2, -0.15) is 0 Å². The van der Waals surface area contributed by atoms with Crippen LogP contribution in [0.2, 0.25) is 0 Å². The molecule has 0 radical (unpaired) electrons. The van der Waals surface area contributed by atoms with Gasteiger partial charge in [0.05, 0.1) is 4.90 Å². The van der Waals surface area contributed by atoms with Crippen molar-refractivity contribution in [2.75, 3.05) is 5.73 Å². The van der Waals surface area contributed by atoms with E-state index < -0.39 is 10.0 Å². The zero-order valence-corrected chi connectivity index (χ0v) is 13.0. The van der Waals surface area contributed by atoms with Gasteiger partial charge in [0.15, 0.2) is 0 Å². The summed E-state index contributed by atoms with van der Waals surface area (Å²) in [5, 5.41) is 0. The van der Waals surface area contributed by atoms with Crippen LogP contribution in [-0.4, -0.2) is 8.42 Å². The van der Waals surface area contributed by atoms with Gasteiger partial charge in [0.25, 0.3) is 0 Å². The molecule has 1 atom stereocenters. The quantitative estimate of drug-likeness (QED) is 0.834. The molecule has 0 saturated heterocycles. The summed E-state index contributed by atoms with van der Waals surface area (Å²) in [7, 11) is -3.58. The van der Waals surface area contributed by atoms with Crippen LogP contribution in [0.4, 0.5) is 5.69 Å². The normalized spacial score (nSPS) is 13.0. The Kier molecular flexibility index (Phi) is 4.65. The van der Waals surface area contributed by atoms with Gasteiger partial charge in [0.2, 0.25) is 10.0 Å². The minimum Gasteiger partial charge on any atom is -0.399 e. The molecule has 2 aromatic carbocycles. The third-order valence-corrected chi connectivity index (χ3v) is 4.93. The third kappa shape index (κ3) is 3.83. The Labute approximate surface area is 126 Å². The first-order chi connectivity index (χ1) is 9.92. The van der Waals surface area contributed by atoms with E-state index in [0.29, 0.717) is 5.69 Å². The van der Waals surface area contributed by atoms with E-state index in [1.54, 1.807) is 12.1 Å². The van der Waals surface area contributed by atoms with Gasteiger partial charge in [-0.3, -0.25) is 0 Å². The maximum atomic E-state index is 12.3. The molecule has 0 aromatic heterocycles. The molecule has 0 amide bonds. The predicted molar refractivity (Wildman–Crippen MR) is 85.4 cm³/mol. The number of anilines is 1. The van der Waals surface area contributed by atoms with E-state index in [1.165, 1.54) is 17.7 Å². The van der Waals surface area contributed by atoms with Gasteiger partial charge >= 0.3 is 0 Å². The van der Waals surface area contributed by atoms with Crippen LogP contribution in [0.15, 0.2) is 53.4 Å². The molecule has 0 aliphatic heterocycles. The maximum absolute atomic E-state index is 12.3. The second-order valence-corrected chi connectivity index (χ2v) is 6.72. The highest BCUT2D eigenvalue weighted by atomic mass is 32.2. The fourth-order valence-corrected chi connectivity index (χ4v) is 3.38. The van der Waals surface area contributed by atoms with E-state index in [2.05, 4.69) is 11.6 Å². The monoisotopic (exact) mass is 304 g/mol. The van der Waals surface area contributed by atoms with Crippen LogP contribution in [0, 0.1) is 0 Å². The molecular weight excluding hydrogens is 284 g/mol. The molecule has 112 valence electrons. The summed E-state index contributed by atoms with van der Waals surface area (Å²) in [6, 6.07) is 13.9. The lowest BCUT2D eigenvalue weighted by atomic mass is 10.1. The van der Waals surface area contributed by atoms with Crippen molar-refractivity contribution in [1.82, 2.24) is 4.72 Å². The molecule has 5 heteroatoms.